The standard InChI is InChI=1S/C17H21N5O/c23-16-7-12(10-22-5-4-18-11-22)6-15(16)19-8-13-2-1-3-14-9-20-21-17(13)14/h1-5,9,11-12,15-16,19,23H,6-8,10H2,(H,20,21)/t12?,15-,16-/m1/s1. The van der Waals surface area contributed by atoms with E-state index in [9.17, 15) is 5.11 Å². The second-order valence-electron chi connectivity index (χ2n) is 6.40. The molecule has 1 saturated carbocycles. The first-order valence-corrected chi connectivity index (χ1v) is 8.08. The normalized spacial score (nSPS) is 24.5. The van der Waals surface area contributed by atoms with Crippen molar-refractivity contribution in [2.75, 3.05) is 0 Å². The fraction of sp³-hybridized carbons (Fsp3) is 0.412. The minimum Gasteiger partial charge on any atom is -0.391 e. The van der Waals surface area contributed by atoms with E-state index in [0.29, 0.717) is 5.92 Å². The van der Waals surface area contributed by atoms with Crippen molar-refractivity contribution in [3.8, 4) is 0 Å². The zero-order valence-corrected chi connectivity index (χ0v) is 12.9. The number of rotatable bonds is 5. The van der Waals surface area contributed by atoms with Gasteiger partial charge < -0.3 is 15.0 Å². The zero-order chi connectivity index (χ0) is 15.6. The van der Waals surface area contributed by atoms with Crippen molar-refractivity contribution in [2.45, 2.75) is 38.1 Å². The molecule has 3 N–H and O–H groups in total. The maximum absolute atomic E-state index is 10.3. The van der Waals surface area contributed by atoms with Gasteiger partial charge in [-0.2, -0.15) is 5.10 Å². The number of benzene rings is 1. The Bertz CT molecular complexity index is 766. The minimum atomic E-state index is -0.288. The van der Waals surface area contributed by atoms with E-state index in [2.05, 4.69) is 31.1 Å². The van der Waals surface area contributed by atoms with Gasteiger partial charge in [0.1, 0.15) is 0 Å². The number of nitrogens with zero attached hydrogens (tertiary/aromatic N) is 3. The van der Waals surface area contributed by atoms with E-state index >= 15 is 0 Å². The quantitative estimate of drug-likeness (QED) is 0.670. The highest BCUT2D eigenvalue weighted by Gasteiger charge is 2.32. The monoisotopic (exact) mass is 311 g/mol. The number of hydrogen-bond donors (Lipinski definition) is 3. The van der Waals surface area contributed by atoms with Gasteiger partial charge in [0, 0.05) is 36.9 Å². The fourth-order valence-corrected chi connectivity index (χ4v) is 3.60. The lowest BCUT2D eigenvalue weighted by Crippen LogP contribution is -2.35. The van der Waals surface area contributed by atoms with E-state index < -0.39 is 0 Å². The smallest absolute Gasteiger partial charge is 0.0945 e. The highest BCUT2D eigenvalue weighted by molar-refractivity contribution is 5.81. The molecule has 6 nitrogen and oxygen atoms in total. The van der Waals surface area contributed by atoms with Crippen LogP contribution in [0.15, 0.2) is 43.1 Å². The van der Waals surface area contributed by atoms with Gasteiger partial charge in [0.15, 0.2) is 0 Å². The third-order valence-corrected chi connectivity index (χ3v) is 4.77. The first-order valence-electron chi connectivity index (χ1n) is 8.08. The van der Waals surface area contributed by atoms with Gasteiger partial charge in [0.2, 0.25) is 0 Å². The van der Waals surface area contributed by atoms with Gasteiger partial charge in [-0.15, -0.1) is 0 Å². The molecule has 6 heteroatoms. The Labute approximate surface area is 134 Å². The molecule has 0 bridgehead atoms. The number of aromatic amines is 1. The Hall–Kier alpha value is -2.18. The number of nitrogens with one attached hydrogen (secondary N) is 2. The highest BCUT2D eigenvalue weighted by atomic mass is 16.3. The largest absolute Gasteiger partial charge is 0.391 e. The molecule has 0 spiro atoms. The first kappa shape index (κ1) is 14.4. The molecule has 120 valence electrons. The van der Waals surface area contributed by atoms with Crippen molar-refractivity contribution in [2.24, 2.45) is 5.92 Å². The Morgan fingerprint density at radius 1 is 1.35 bits per heavy atom. The minimum absolute atomic E-state index is 0.140. The van der Waals surface area contributed by atoms with Gasteiger partial charge in [-0.1, -0.05) is 18.2 Å². The van der Waals surface area contributed by atoms with Gasteiger partial charge in [-0.05, 0) is 24.3 Å². The van der Waals surface area contributed by atoms with Gasteiger partial charge in [-0.3, -0.25) is 5.10 Å². The molecule has 0 aliphatic heterocycles. The molecule has 23 heavy (non-hydrogen) atoms. The average molecular weight is 311 g/mol. The lowest BCUT2D eigenvalue weighted by Gasteiger charge is -2.16. The number of fused-ring (bicyclic) bond motifs is 1. The average Bonchev–Trinajstić information content (AvgIpc) is 3.27. The van der Waals surface area contributed by atoms with Crippen LogP contribution in [0.5, 0.6) is 0 Å². The lowest BCUT2D eigenvalue weighted by atomic mass is 10.1. The number of imidazole rings is 1. The summed E-state index contributed by atoms with van der Waals surface area (Å²) < 4.78 is 2.09. The Morgan fingerprint density at radius 2 is 2.30 bits per heavy atom. The SMILES string of the molecule is O[C@@H]1CC(Cn2ccnc2)C[C@H]1NCc1cccc2cn[nH]c12. The fourth-order valence-electron chi connectivity index (χ4n) is 3.60. The molecule has 1 fully saturated rings. The molecule has 2 aromatic heterocycles. The molecular weight excluding hydrogens is 290 g/mol. The summed E-state index contributed by atoms with van der Waals surface area (Å²) in [5.41, 5.74) is 2.26. The number of aliphatic hydroxyl groups excluding tert-OH is 1. The van der Waals surface area contributed by atoms with Crippen LogP contribution >= 0.6 is 0 Å². The number of H-pyrrole nitrogens is 1. The molecular formula is C17H21N5O. The van der Waals surface area contributed by atoms with Crippen molar-refractivity contribution in [3.63, 3.8) is 0 Å². The van der Waals surface area contributed by atoms with Crippen molar-refractivity contribution in [3.05, 3.63) is 48.7 Å². The third kappa shape index (κ3) is 3.00. The predicted molar refractivity (Wildman–Crippen MR) is 87.7 cm³/mol. The van der Waals surface area contributed by atoms with Crippen molar-refractivity contribution < 1.29 is 5.11 Å². The van der Waals surface area contributed by atoms with E-state index in [1.165, 1.54) is 5.56 Å². The topological polar surface area (TPSA) is 78.8 Å². The van der Waals surface area contributed by atoms with E-state index in [1.807, 2.05) is 30.9 Å². The van der Waals surface area contributed by atoms with Crippen LogP contribution in [-0.4, -0.2) is 37.0 Å². The van der Waals surface area contributed by atoms with Crippen LogP contribution in [0.25, 0.3) is 10.9 Å². The molecule has 1 unspecified atom stereocenters. The Balaban J connectivity index is 1.38. The summed E-state index contributed by atoms with van der Waals surface area (Å²) >= 11 is 0. The molecule has 0 amide bonds. The highest BCUT2D eigenvalue weighted by Crippen LogP contribution is 2.28. The van der Waals surface area contributed by atoms with Gasteiger partial charge in [0.25, 0.3) is 0 Å². The van der Waals surface area contributed by atoms with Crippen LogP contribution in [0.3, 0.4) is 0 Å². The summed E-state index contributed by atoms with van der Waals surface area (Å²) in [5.74, 6) is 0.486. The molecule has 0 radical (unpaired) electrons. The number of hydrogen-bond acceptors (Lipinski definition) is 4. The predicted octanol–water partition coefficient (Wildman–Crippen LogP) is 1.69. The lowest BCUT2D eigenvalue weighted by molar-refractivity contribution is 0.145. The second-order valence-corrected chi connectivity index (χ2v) is 6.40. The number of para-hydroxylation sites is 1. The molecule has 2 heterocycles. The molecule has 0 saturated heterocycles. The second kappa shape index (κ2) is 6.14. The molecule has 4 rings (SSSR count). The van der Waals surface area contributed by atoms with Crippen LogP contribution in [0.4, 0.5) is 0 Å². The molecule has 1 aliphatic carbocycles. The number of aromatic nitrogens is 4. The van der Waals surface area contributed by atoms with Gasteiger partial charge >= 0.3 is 0 Å². The molecule has 1 aliphatic rings. The number of aliphatic hydroxyl groups is 1. The van der Waals surface area contributed by atoms with Gasteiger partial charge in [0.05, 0.1) is 24.1 Å². The van der Waals surface area contributed by atoms with Crippen LogP contribution < -0.4 is 5.32 Å². The Morgan fingerprint density at radius 3 is 3.17 bits per heavy atom. The van der Waals surface area contributed by atoms with Crippen LogP contribution in [0, 0.1) is 5.92 Å². The summed E-state index contributed by atoms with van der Waals surface area (Å²) in [4.78, 5) is 4.08. The molecule has 3 atom stereocenters. The maximum atomic E-state index is 10.3. The van der Waals surface area contributed by atoms with E-state index in [4.69, 9.17) is 0 Å². The van der Waals surface area contributed by atoms with E-state index in [1.54, 1.807) is 6.20 Å². The van der Waals surface area contributed by atoms with E-state index in [-0.39, 0.29) is 12.1 Å². The van der Waals surface area contributed by atoms with Crippen LogP contribution in [-0.2, 0) is 13.1 Å². The van der Waals surface area contributed by atoms with Crippen LogP contribution in [0.2, 0.25) is 0 Å². The van der Waals surface area contributed by atoms with Crippen molar-refractivity contribution in [1.29, 1.82) is 0 Å². The summed E-state index contributed by atoms with van der Waals surface area (Å²) in [6.45, 7) is 1.66. The Kier molecular flexibility index (Phi) is 3.85. The van der Waals surface area contributed by atoms with Crippen LogP contribution in [0.1, 0.15) is 18.4 Å². The maximum Gasteiger partial charge on any atom is 0.0945 e. The molecule has 1 aromatic carbocycles. The van der Waals surface area contributed by atoms with E-state index in [0.717, 1.165) is 36.8 Å². The summed E-state index contributed by atoms with van der Waals surface area (Å²) in [5, 5.41) is 22.1. The van der Waals surface area contributed by atoms with Crippen molar-refractivity contribution in [1.82, 2.24) is 25.1 Å². The summed E-state index contributed by atoms with van der Waals surface area (Å²) in [7, 11) is 0. The first-order chi connectivity index (χ1) is 11.3. The third-order valence-electron chi connectivity index (χ3n) is 4.77. The zero-order valence-electron chi connectivity index (χ0n) is 12.9. The van der Waals surface area contributed by atoms with Crippen molar-refractivity contribution >= 4 is 10.9 Å². The summed E-state index contributed by atoms with van der Waals surface area (Å²) in [6, 6.07) is 6.33. The molecule has 3 aromatic rings. The van der Waals surface area contributed by atoms with Gasteiger partial charge in [-0.25, -0.2) is 4.98 Å². The summed E-state index contributed by atoms with van der Waals surface area (Å²) in [6.07, 6.45) is 8.99.